The van der Waals surface area contributed by atoms with Gasteiger partial charge in [0.2, 0.25) is 5.91 Å². The molecular formula is C15H24N2O3. The minimum absolute atomic E-state index is 0.0615. The molecule has 5 heteroatoms. The molecule has 5 nitrogen and oxygen atoms in total. The van der Waals surface area contributed by atoms with Crippen molar-refractivity contribution < 1.29 is 14.6 Å². The van der Waals surface area contributed by atoms with Crippen LogP contribution >= 0.6 is 0 Å². The Morgan fingerprint density at radius 3 is 2.55 bits per heavy atom. The largest absolute Gasteiger partial charge is 0.507 e. The maximum Gasteiger partial charge on any atom is 0.236 e. The van der Waals surface area contributed by atoms with Gasteiger partial charge in [-0.2, -0.15) is 0 Å². The van der Waals surface area contributed by atoms with Crippen LogP contribution in [0.2, 0.25) is 0 Å². The lowest BCUT2D eigenvalue weighted by Crippen LogP contribution is -2.36. The van der Waals surface area contributed by atoms with Crippen LogP contribution in [0.1, 0.15) is 18.9 Å². The average molecular weight is 280 g/mol. The number of phenolic OH excluding ortho intramolecular Hbond substituents is 1. The number of hydrogen-bond acceptors (Lipinski definition) is 4. The number of carbonyl (C=O) groups is 1. The molecule has 0 atom stereocenters. The lowest BCUT2D eigenvalue weighted by atomic mass is 10.1. The van der Waals surface area contributed by atoms with E-state index in [1.807, 2.05) is 17.0 Å². The van der Waals surface area contributed by atoms with Crippen LogP contribution in [0, 0.1) is 0 Å². The number of amides is 1. The smallest absolute Gasteiger partial charge is 0.236 e. The predicted molar refractivity (Wildman–Crippen MR) is 78.9 cm³/mol. The van der Waals surface area contributed by atoms with E-state index in [2.05, 4.69) is 6.92 Å². The first-order chi connectivity index (χ1) is 9.47. The first-order valence-electron chi connectivity index (χ1n) is 6.76. The van der Waals surface area contributed by atoms with Crippen molar-refractivity contribution in [3.05, 3.63) is 23.8 Å². The number of methoxy groups -OCH3 is 1. The molecule has 0 aliphatic heterocycles. The fourth-order valence-corrected chi connectivity index (χ4v) is 1.91. The van der Waals surface area contributed by atoms with E-state index in [9.17, 15) is 9.90 Å². The Labute approximate surface area is 120 Å². The summed E-state index contributed by atoms with van der Waals surface area (Å²) in [6.07, 6.45) is 0.956. The lowest BCUT2D eigenvalue weighted by Gasteiger charge is -2.23. The third kappa shape index (κ3) is 4.74. The topological polar surface area (TPSA) is 53.0 Å². The van der Waals surface area contributed by atoms with Crippen LogP contribution in [-0.2, 0) is 11.3 Å². The Morgan fingerprint density at radius 1 is 1.35 bits per heavy atom. The van der Waals surface area contributed by atoms with Crippen molar-refractivity contribution >= 4 is 5.91 Å². The molecule has 112 valence electrons. The molecule has 0 saturated carbocycles. The molecule has 20 heavy (non-hydrogen) atoms. The molecule has 0 heterocycles. The van der Waals surface area contributed by atoms with Gasteiger partial charge in [-0.15, -0.1) is 0 Å². The van der Waals surface area contributed by atoms with Crippen molar-refractivity contribution in [3.63, 3.8) is 0 Å². The maximum absolute atomic E-state index is 11.8. The maximum atomic E-state index is 11.8. The second-order valence-corrected chi connectivity index (χ2v) is 4.99. The zero-order valence-corrected chi connectivity index (χ0v) is 12.7. The van der Waals surface area contributed by atoms with Crippen LogP contribution in [0.25, 0.3) is 0 Å². The van der Waals surface area contributed by atoms with Gasteiger partial charge in [-0.1, -0.05) is 13.0 Å². The molecule has 0 unspecified atom stereocenters. The van der Waals surface area contributed by atoms with Crippen LogP contribution in [0.15, 0.2) is 18.2 Å². The van der Waals surface area contributed by atoms with Gasteiger partial charge in [0.25, 0.3) is 0 Å². The number of rotatable bonds is 7. The molecule has 0 aliphatic rings. The zero-order valence-electron chi connectivity index (χ0n) is 12.7. The van der Waals surface area contributed by atoms with Crippen molar-refractivity contribution in [2.24, 2.45) is 0 Å². The molecule has 1 aromatic rings. The summed E-state index contributed by atoms with van der Waals surface area (Å²) in [5.41, 5.74) is 0.797. The van der Waals surface area contributed by atoms with Gasteiger partial charge >= 0.3 is 0 Å². The summed E-state index contributed by atoms with van der Waals surface area (Å²) >= 11 is 0. The fraction of sp³-hybridized carbons (Fsp3) is 0.533. The first-order valence-corrected chi connectivity index (χ1v) is 6.76. The number of aromatic hydroxyl groups is 1. The molecule has 1 aromatic carbocycles. The summed E-state index contributed by atoms with van der Waals surface area (Å²) < 4.78 is 5.06. The molecule has 0 bridgehead atoms. The summed E-state index contributed by atoms with van der Waals surface area (Å²) in [5.74, 6) is 0.881. The minimum atomic E-state index is 0.0615. The molecule has 0 saturated heterocycles. The molecular weight excluding hydrogens is 256 g/mol. The summed E-state index contributed by atoms with van der Waals surface area (Å²) in [6.45, 7) is 3.78. The highest BCUT2D eigenvalue weighted by Crippen LogP contribution is 2.24. The van der Waals surface area contributed by atoms with Gasteiger partial charge in [0, 0.05) is 32.3 Å². The van der Waals surface area contributed by atoms with Gasteiger partial charge in [-0.25, -0.2) is 0 Å². The van der Waals surface area contributed by atoms with E-state index in [4.69, 9.17) is 4.74 Å². The molecule has 0 radical (unpaired) electrons. The number of benzene rings is 1. The molecule has 1 amide bonds. The SMILES string of the molecule is CCCN(CC(=O)N(C)C)Cc1ccc(OC)cc1O. The van der Waals surface area contributed by atoms with E-state index < -0.39 is 0 Å². The number of hydrogen-bond donors (Lipinski definition) is 1. The van der Waals surface area contributed by atoms with Gasteiger partial charge in [0.1, 0.15) is 11.5 Å². The fourth-order valence-electron chi connectivity index (χ4n) is 1.91. The van der Waals surface area contributed by atoms with E-state index in [0.717, 1.165) is 18.5 Å². The summed E-state index contributed by atoms with van der Waals surface area (Å²) in [4.78, 5) is 15.4. The van der Waals surface area contributed by atoms with Crippen molar-refractivity contribution in [2.45, 2.75) is 19.9 Å². The number of ether oxygens (including phenoxy) is 1. The van der Waals surface area contributed by atoms with Gasteiger partial charge in [0.05, 0.1) is 13.7 Å². The highest BCUT2D eigenvalue weighted by atomic mass is 16.5. The Hall–Kier alpha value is -1.75. The van der Waals surface area contributed by atoms with Crippen LogP contribution < -0.4 is 4.74 Å². The Kier molecular flexibility index (Phi) is 6.31. The lowest BCUT2D eigenvalue weighted by molar-refractivity contribution is -0.130. The van der Waals surface area contributed by atoms with Crippen LogP contribution in [0.4, 0.5) is 0 Å². The highest BCUT2D eigenvalue weighted by Gasteiger charge is 2.14. The Bertz CT molecular complexity index is 447. The highest BCUT2D eigenvalue weighted by molar-refractivity contribution is 5.77. The van der Waals surface area contributed by atoms with E-state index in [-0.39, 0.29) is 11.7 Å². The van der Waals surface area contributed by atoms with Crippen LogP contribution in [-0.4, -0.2) is 55.1 Å². The third-order valence-electron chi connectivity index (χ3n) is 3.08. The quantitative estimate of drug-likeness (QED) is 0.826. The van der Waals surface area contributed by atoms with E-state index in [1.165, 1.54) is 0 Å². The van der Waals surface area contributed by atoms with Crippen LogP contribution in [0.3, 0.4) is 0 Å². The first kappa shape index (κ1) is 16.3. The molecule has 1 N–H and O–H groups in total. The molecule has 1 rings (SSSR count). The number of phenols is 1. The molecule has 0 fully saturated rings. The summed E-state index contributed by atoms with van der Waals surface area (Å²) in [6, 6.07) is 5.23. The second-order valence-electron chi connectivity index (χ2n) is 4.99. The van der Waals surface area contributed by atoms with Gasteiger partial charge in [-0.3, -0.25) is 9.69 Å². The summed E-state index contributed by atoms with van der Waals surface area (Å²) in [7, 11) is 5.06. The second kappa shape index (κ2) is 7.75. The molecule has 0 aromatic heterocycles. The van der Waals surface area contributed by atoms with Gasteiger partial charge in [0.15, 0.2) is 0 Å². The van der Waals surface area contributed by atoms with Crippen molar-refractivity contribution in [3.8, 4) is 11.5 Å². The molecule has 0 spiro atoms. The monoisotopic (exact) mass is 280 g/mol. The van der Waals surface area contributed by atoms with Gasteiger partial charge < -0.3 is 14.7 Å². The van der Waals surface area contributed by atoms with Crippen molar-refractivity contribution in [1.82, 2.24) is 9.80 Å². The van der Waals surface area contributed by atoms with Gasteiger partial charge in [-0.05, 0) is 19.0 Å². The third-order valence-corrected chi connectivity index (χ3v) is 3.08. The zero-order chi connectivity index (χ0) is 15.1. The number of nitrogens with zero attached hydrogens (tertiary/aromatic N) is 2. The predicted octanol–water partition coefficient (Wildman–Crippen LogP) is 1.70. The standard InChI is InChI=1S/C15H24N2O3/c1-5-8-17(11-15(19)16(2)3)10-12-6-7-13(20-4)9-14(12)18/h6-7,9,18H,5,8,10-11H2,1-4H3. The Balaban J connectivity index is 2.77. The normalized spacial score (nSPS) is 10.7. The molecule has 0 aliphatic carbocycles. The Morgan fingerprint density at radius 2 is 2.05 bits per heavy atom. The number of carbonyl (C=O) groups excluding carboxylic acids is 1. The summed E-state index contributed by atoms with van der Waals surface area (Å²) in [5, 5.41) is 9.98. The van der Waals surface area contributed by atoms with E-state index in [0.29, 0.717) is 18.8 Å². The number of likely N-dealkylation sites (N-methyl/N-ethyl adjacent to an activating group) is 1. The van der Waals surface area contributed by atoms with Crippen molar-refractivity contribution in [2.75, 3.05) is 34.3 Å². The minimum Gasteiger partial charge on any atom is -0.507 e. The van der Waals surface area contributed by atoms with E-state index >= 15 is 0 Å². The van der Waals surface area contributed by atoms with E-state index in [1.54, 1.807) is 32.2 Å². The van der Waals surface area contributed by atoms with Crippen molar-refractivity contribution in [1.29, 1.82) is 0 Å². The van der Waals surface area contributed by atoms with Crippen LogP contribution in [0.5, 0.6) is 11.5 Å². The average Bonchev–Trinajstić information content (AvgIpc) is 2.41.